The summed E-state index contributed by atoms with van der Waals surface area (Å²) in [4.78, 5) is 31.3. The smallest absolute Gasteiger partial charge is 0.337 e. The maximum absolute atomic E-state index is 13.2. The highest BCUT2D eigenvalue weighted by molar-refractivity contribution is 6.07. The van der Waals surface area contributed by atoms with Crippen molar-refractivity contribution in [3.8, 4) is 44.5 Å². The molecule has 6 nitrogen and oxygen atoms in total. The Labute approximate surface area is 319 Å². The Morgan fingerprint density at radius 2 is 0.764 bits per heavy atom. The van der Waals surface area contributed by atoms with Crippen molar-refractivity contribution in [2.45, 2.75) is 27.7 Å². The van der Waals surface area contributed by atoms with Gasteiger partial charge in [-0.15, -0.1) is 0 Å². The van der Waals surface area contributed by atoms with E-state index in [2.05, 4.69) is 122 Å². The van der Waals surface area contributed by atoms with Gasteiger partial charge >= 0.3 is 5.97 Å². The number of nitrogens with one attached hydrogen (secondary N) is 2. The van der Waals surface area contributed by atoms with Crippen LogP contribution in [0.2, 0.25) is 0 Å². The molecule has 0 radical (unpaired) electrons. The number of hydrogen-bond acceptors (Lipinski definition) is 3. The van der Waals surface area contributed by atoms with Gasteiger partial charge < -0.3 is 15.1 Å². The number of rotatable bonds is 5. The third kappa shape index (κ3) is 6.17. The standard InChI is InChI=1S/C49H38N4O2/c1-28-5-13-32(14-6-28)44-37-21-22-38(50-37)45(33-15-7-29(2)8-16-33)40-25-26-42(52-40)47(35-19-11-31(4)12-20-35)48-36(49(54)55)27-43(53-48)46(41-24-23-39(44)51-41)34-17-9-30(3)10-18-34/h5-27,50,53H,1-4H3,(H,54,55). The van der Waals surface area contributed by atoms with Gasteiger partial charge in [-0.3, -0.25) is 0 Å². The molecule has 5 heterocycles. The van der Waals surface area contributed by atoms with Gasteiger partial charge in [0.05, 0.1) is 33.9 Å². The van der Waals surface area contributed by atoms with E-state index in [9.17, 15) is 9.90 Å². The lowest BCUT2D eigenvalue weighted by atomic mass is 10.0. The van der Waals surface area contributed by atoms with E-state index in [-0.39, 0.29) is 5.56 Å². The molecule has 0 atom stereocenters. The van der Waals surface area contributed by atoms with E-state index in [1.54, 1.807) is 6.07 Å². The van der Waals surface area contributed by atoms with Crippen LogP contribution >= 0.6 is 0 Å². The molecular formula is C49H38N4O2. The van der Waals surface area contributed by atoms with Gasteiger partial charge in [-0.25, -0.2) is 14.8 Å². The van der Waals surface area contributed by atoms with E-state index in [4.69, 9.17) is 9.97 Å². The second kappa shape index (κ2) is 13.4. The highest BCUT2D eigenvalue weighted by Gasteiger charge is 2.22. The van der Waals surface area contributed by atoms with Gasteiger partial charge in [-0.2, -0.15) is 0 Å². The van der Waals surface area contributed by atoms with E-state index < -0.39 is 5.97 Å². The number of aromatic carboxylic acids is 1. The van der Waals surface area contributed by atoms with E-state index in [1.807, 2.05) is 49.4 Å². The SMILES string of the molecule is Cc1ccc(-c2c3nc(c(-c4ccc(C)cc4)c4cc(C(=O)O)c([nH]4)c(-c4ccc(C)cc4)c4nc(c(-c5ccc(C)cc5)c5ccc2[nH]5)C=C4)C=C3)cc1. The third-order valence-electron chi connectivity index (χ3n) is 10.5. The summed E-state index contributed by atoms with van der Waals surface area (Å²) in [6.45, 7) is 8.27. The van der Waals surface area contributed by atoms with Crippen LogP contribution in [0.1, 0.15) is 55.4 Å². The van der Waals surface area contributed by atoms with Crippen LogP contribution in [-0.2, 0) is 0 Å². The number of aryl methyl sites for hydroxylation is 4. The predicted octanol–water partition coefficient (Wildman–Crippen LogP) is 12.3. The minimum absolute atomic E-state index is 0.152. The fourth-order valence-electron chi connectivity index (χ4n) is 7.55. The maximum Gasteiger partial charge on any atom is 0.337 e. The molecule has 8 bridgehead atoms. The van der Waals surface area contributed by atoms with Gasteiger partial charge in [-0.05, 0) is 92.5 Å². The number of carbonyl (C=O) groups is 1. The molecule has 2 aliphatic heterocycles. The molecule has 2 aliphatic rings. The first kappa shape index (κ1) is 33.8. The monoisotopic (exact) mass is 714 g/mol. The molecule has 0 fully saturated rings. The van der Waals surface area contributed by atoms with Crippen LogP contribution in [-0.4, -0.2) is 31.0 Å². The van der Waals surface area contributed by atoms with Crippen molar-refractivity contribution in [1.82, 2.24) is 19.9 Å². The highest BCUT2D eigenvalue weighted by atomic mass is 16.4. The summed E-state index contributed by atoms with van der Waals surface area (Å²) in [6, 6.07) is 39.4. The van der Waals surface area contributed by atoms with Gasteiger partial charge in [0.15, 0.2) is 0 Å². The Balaban J connectivity index is 1.51. The number of carboxylic acid groups (broad SMARTS) is 1. The summed E-state index contributed by atoms with van der Waals surface area (Å²) in [5, 5.41) is 10.8. The summed E-state index contributed by atoms with van der Waals surface area (Å²) in [6.07, 6.45) is 8.10. The quantitative estimate of drug-likeness (QED) is 0.165. The summed E-state index contributed by atoms with van der Waals surface area (Å²) < 4.78 is 0. The third-order valence-corrected chi connectivity index (χ3v) is 10.5. The van der Waals surface area contributed by atoms with Crippen LogP contribution in [0.5, 0.6) is 0 Å². The fourth-order valence-corrected chi connectivity index (χ4v) is 7.55. The largest absolute Gasteiger partial charge is 0.478 e. The summed E-state index contributed by atoms with van der Waals surface area (Å²) in [5.74, 6) is -1.04. The summed E-state index contributed by atoms with van der Waals surface area (Å²) >= 11 is 0. The topological polar surface area (TPSA) is 94.7 Å². The molecule has 0 unspecified atom stereocenters. The Hall–Kier alpha value is -7.05. The minimum atomic E-state index is -1.04. The average molecular weight is 715 g/mol. The number of carboxylic acids is 1. The molecule has 4 aromatic carbocycles. The van der Waals surface area contributed by atoms with E-state index in [1.165, 1.54) is 5.56 Å². The Morgan fingerprint density at radius 1 is 0.436 bits per heavy atom. The molecule has 3 N–H and O–H groups in total. The predicted molar refractivity (Wildman–Crippen MR) is 227 cm³/mol. The zero-order valence-electron chi connectivity index (χ0n) is 31.0. The number of hydrogen-bond donors (Lipinski definition) is 3. The highest BCUT2D eigenvalue weighted by Crippen LogP contribution is 2.39. The molecular weight excluding hydrogens is 677 g/mol. The lowest BCUT2D eigenvalue weighted by Crippen LogP contribution is -1.96. The van der Waals surface area contributed by atoms with Gasteiger partial charge in [0.1, 0.15) is 0 Å². The van der Waals surface area contributed by atoms with Crippen molar-refractivity contribution < 1.29 is 9.90 Å². The summed E-state index contributed by atoms with van der Waals surface area (Å²) in [5.41, 5.74) is 17.8. The molecule has 0 saturated heterocycles. The number of aromatic amines is 2. The molecule has 6 heteroatoms. The maximum atomic E-state index is 13.2. The van der Waals surface area contributed by atoms with Crippen LogP contribution in [0.25, 0.3) is 90.9 Å². The van der Waals surface area contributed by atoms with Gasteiger partial charge in [0.25, 0.3) is 0 Å². The molecule has 0 spiro atoms. The molecule has 55 heavy (non-hydrogen) atoms. The molecule has 9 rings (SSSR count). The first-order chi connectivity index (χ1) is 26.7. The molecule has 7 aromatic rings. The lowest BCUT2D eigenvalue weighted by molar-refractivity contribution is 0.0699. The number of nitrogens with zero attached hydrogens (tertiary/aromatic N) is 2. The van der Waals surface area contributed by atoms with Gasteiger partial charge in [0.2, 0.25) is 0 Å². The normalized spacial score (nSPS) is 12.0. The van der Waals surface area contributed by atoms with Crippen molar-refractivity contribution in [2.75, 3.05) is 0 Å². The van der Waals surface area contributed by atoms with Crippen molar-refractivity contribution in [2.24, 2.45) is 0 Å². The Bertz CT molecular complexity index is 2890. The Morgan fingerprint density at radius 3 is 1.13 bits per heavy atom. The van der Waals surface area contributed by atoms with Crippen LogP contribution in [0, 0.1) is 27.7 Å². The number of benzene rings is 4. The molecule has 3 aromatic heterocycles. The van der Waals surface area contributed by atoms with Crippen molar-refractivity contribution in [3.63, 3.8) is 0 Å². The first-order valence-electron chi connectivity index (χ1n) is 18.4. The number of aromatic nitrogens is 4. The van der Waals surface area contributed by atoms with Crippen LogP contribution in [0.4, 0.5) is 0 Å². The van der Waals surface area contributed by atoms with Gasteiger partial charge in [0, 0.05) is 38.8 Å². The fraction of sp³-hybridized carbons (Fsp3) is 0.0816. The van der Waals surface area contributed by atoms with E-state index in [0.717, 1.165) is 83.7 Å². The molecule has 0 amide bonds. The van der Waals surface area contributed by atoms with Crippen LogP contribution in [0.15, 0.2) is 115 Å². The number of H-pyrrole nitrogens is 2. The van der Waals surface area contributed by atoms with Crippen molar-refractivity contribution in [3.05, 3.63) is 166 Å². The zero-order chi connectivity index (χ0) is 37.8. The van der Waals surface area contributed by atoms with E-state index in [0.29, 0.717) is 22.3 Å². The average Bonchev–Trinajstić information content (AvgIpc) is 4.01. The Kier molecular flexibility index (Phi) is 8.24. The second-order valence-corrected chi connectivity index (χ2v) is 14.5. The van der Waals surface area contributed by atoms with Crippen molar-refractivity contribution >= 4 is 52.3 Å². The molecule has 0 aliphatic carbocycles. The van der Waals surface area contributed by atoms with E-state index >= 15 is 0 Å². The lowest BCUT2D eigenvalue weighted by Gasteiger charge is -2.08. The minimum Gasteiger partial charge on any atom is -0.478 e. The van der Waals surface area contributed by atoms with Gasteiger partial charge in [-0.1, -0.05) is 119 Å². The first-order valence-corrected chi connectivity index (χ1v) is 18.4. The number of fused-ring (bicyclic) bond motifs is 8. The summed E-state index contributed by atoms with van der Waals surface area (Å²) in [7, 11) is 0. The zero-order valence-corrected chi connectivity index (χ0v) is 31.0. The molecule has 0 saturated carbocycles. The molecule has 266 valence electrons. The van der Waals surface area contributed by atoms with Crippen molar-refractivity contribution in [1.29, 1.82) is 0 Å². The van der Waals surface area contributed by atoms with Crippen LogP contribution in [0.3, 0.4) is 0 Å². The second-order valence-electron chi connectivity index (χ2n) is 14.5. The van der Waals surface area contributed by atoms with Crippen LogP contribution < -0.4 is 0 Å².